The fourth-order valence-electron chi connectivity index (χ4n) is 3.19. The highest BCUT2D eigenvalue weighted by molar-refractivity contribution is 5.79. The molecule has 2 aliphatic rings. The summed E-state index contributed by atoms with van der Waals surface area (Å²) >= 11 is 0. The third-order valence-electron chi connectivity index (χ3n) is 4.33. The maximum absolute atomic E-state index is 12.7. The maximum atomic E-state index is 12.7. The number of nitrogens with two attached hydrogens (primary N) is 1. The predicted octanol–water partition coefficient (Wildman–Crippen LogP) is 2.35. The third-order valence-corrected chi connectivity index (χ3v) is 4.33. The van der Waals surface area contributed by atoms with Gasteiger partial charge in [0, 0.05) is 18.0 Å². The van der Waals surface area contributed by atoms with E-state index in [-0.39, 0.29) is 36.8 Å². The van der Waals surface area contributed by atoms with Gasteiger partial charge in [-0.05, 0) is 38.5 Å². The minimum Gasteiger partial charge on any atom is -0.353 e. The van der Waals surface area contributed by atoms with Gasteiger partial charge in [-0.2, -0.15) is 13.2 Å². The first-order valence-corrected chi connectivity index (χ1v) is 6.99. The van der Waals surface area contributed by atoms with Crippen LogP contribution in [0.4, 0.5) is 13.2 Å². The lowest BCUT2D eigenvalue weighted by molar-refractivity contribution is -0.184. The zero-order valence-electron chi connectivity index (χ0n) is 10.9. The Balaban J connectivity index is 1.84. The van der Waals surface area contributed by atoms with Crippen molar-refractivity contribution in [3.8, 4) is 0 Å². The van der Waals surface area contributed by atoms with E-state index in [1.807, 2.05) is 0 Å². The molecule has 0 bridgehead atoms. The Hall–Kier alpha value is -0.780. The van der Waals surface area contributed by atoms with Gasteiger partial charge in [0.05, 0.1) is 5.92 Å². The Morgan fingerprint density at radius 1 is 1.11 bits per heavy atom. The van der Waals surface area contributed by atoms with E-state index in [1.54, 1.807) is 0 Å². The molecule has 2 aliphatic carbocycles. The van der Waals surface area contributed by atoms with Crippen LogP contribution in [0.1, 0.15) is 44.9 Å². The van der Waals surface area contributed by atoms with Crippen molar-refractivity contribution in [2.24, 2.45) is 17.6 Å². The van der Waals surface area contributed by atoms with Gasteiger partial charge in [0.2, 0.25) is 5.91 Å². The molecule has 4 atom stereocenters. The molecule has 0 aromatic carbocycles. The zero-order valence-corrected chi connectivity index (χ0v) is 10.9. The van der Waals surface area contributed by atoms with E-state index in [0.29, 0.717) is 19.3 Å². The van der Waals surface area contributed by atoms with Crippen LogP contribution in [0, 0.1) is 11.8 Å². The number of amides is 1. The molecule has 2 rings (SSSR count). The highest BCUT2D eigenvalue weighted by Gasteiger charge is 2.42. The highest BCUT2D eigenvalue weighted by atomic mass is 19.4. The first kappa shape index (κ1) is 14.6. The van der Waals surface area contributed by atoms with Gasteiger partial charge in [0.1, 0.15) is 0 Å². The van der Waals surface area contributed by atoms with Gasteiger partial charge >= 0.3 is 6.18 Å². The zero-order chi connectivity index (χ0) is 14.0. The minimum atomic E-state index is -4.14. The Bertz CT molecular complexity index is 332. The molecule has 0 radical (unpaired) electrons. The number of carbonyl (C=O) groups is 1. The Labute approximate surface area is 111 Å². The van der Waals surface area contributed by atoms with Crippen LogP contribution in [0.25, 0.3) is 0 Å². The summed E-state index contributed by atoms with van der Waals surface area (Å²) in [6, 6.07) is -0.269. The van der Waals surface area contributed by atoms with Crippen molar-refractivity contribution >= 4 is 5.91 Å². The number of carbonyl (C=O) groups excluding carboxylic acids is 1. The molecule has 2 saturated carbocycles. The number of rotatable bonds is 2. The van der Waals surface area contributed by atoms with E-state index in [4.69, 9.17) is 5.73 Å². The molecule has 0 aliphatic heterocycles. The van der Waals surface area contributed by atoms with Gasteiger partial charge in [-0.1, -0.05) is 6.42 Å². The molecular weight excluding hydrogens is 257 g/mol. The molecular formula is C13H21F3N2O. The van der Waals surface area contributed by atoms with E-state index in [2.05, 4.69) is 5.32 Å². The third kappa shape index (κ3) is 3.84. The molecule has 0 aromatic rings. The lowest BCUT2D eigenvalue weighted by Crippen LogP contribution is -2.43. The van der Waals surface area contributed by atoms with Crippen molar-refractivity contribution in [3.63, 3.8) is 0 Å². The predicted molar refractivity (Wildman–Crippen MR) is 65.3 cm³/mol. The van der Waals surface area contributed by atoms with Crippen LogP contribution in [0.5, 0.6) is 0 Å². The van der Waals surface area contributed by atoms with Crippen LogP contribution in [0.2, 0.25) is 0 Å². The summed E-state index contributed by atoms with van der Waals surface area (Å²) in [6.45, 7) is 0. The van der Waals surface area contributed by atoms with Crippen LogP contribution < -0.4 is 11.1 Å². The number of hydrogen-bond donors (Lipinski definition) is 2. The number of halogens is 3. The summed E-state index contributed by atoms with van der Waals surface area (Å²) in [6.07, 6.45) is -0.523. The fourth-order valence-corrected chi connectivity index (χ4v) is 3.19. The van der Waals surface area contributed by atoms with Gasteiger partial charge in [0.15, 0.2) is 0 Å². The van der Waals surface area contributed by atoms with Crippen LogP contribution in [0.15, 0.2) is 0 Å². The number of alkyl halides is 3. The first-order valence-electron chi connectivity index (χ1n) is 6.99. The van der Waals surface area contributed by atoms with E-state index in [9.17, 15) is 18.0 Å². The van der Waals surface area contributed by atoms with Crippen LogP contribution in [-0.4, -0.2) is 24.2 Å². The van der Waals surface area contributed by atoms with E-state index < -0.39 is 12.1 Å². The topological polar surface area (TPSA) is 55.1 Å². The Kier molecular flexibility index (Phi) is 4.38. The molecule has 19 heavy (non-hydrogen) atoms. The molecule has 0 saturated heterocycles. The van der Waals surface area contributed by atoms with Crippen molar-refractivity contribution in [1.82, 2.24) is 5.32 Å². The van der Waals surface area contributed by atoms with Crippen molar-refractivity contribution in [2.45, 2.75) is 63.2 Å². The SMILES string of the molecule is NC1CCC(C(=O)NC2CCCC(C(F)(F)F)C2)C1. The van der Waals surface area contributed by atoms with Gasteiger partial charge in [0.25, 0.3) is 0 Å². The fraction of sp³-hybridized carbons (Fsp3) is 0.923. The molecule has 2 fully saturated rings. The van der Waals surface area contributed by atoms with Crippen molar-refractivity contribution in [2.75, 3.05) is 0 Å². The van der Waals surface area contributed by atoms with Gasteiger partial charge in [-0.15, -0.1) is 0 Å². The van der Waals surface area contributed by atoms with Gasteiger partial charge in [-0.25, -0.2) is 0 Å². The average molecular weight is 278 g/mol. The average Bonchev–Trinajstić information content (AvgIpc) is 2.75. The Morgan fingerprint density at radius 2 is 1.84 bits per heavy atom. The standard InChI is InChI=1S/C13H21F3N2O/c14-13(15,16)9-2-1-3-11(7-9)18-12(19)8-4-5-10(17)6-8/h8-11H,1-7,17H2,(H,18,19). The summed E-state index contributed by atoms with van der Waals surface area (Å²) in [5.41, 5.74) is 5.75. The minimum absolute atomic E-state index is 0.0218. The summed E-state index contributed by atoms with van der Waals surface area (Å²) in [7, 11) is 0. The normalized spacial score (nSPS) is 36.2. The molecule has 1 amide bonds. The second-order valence-corrected chi connectivity index (χ2v) is 5.88. The molecule has 6 heteroatoms. The van der Waals surface area contributed by atoms with E-state index >= 15 is 0 Å². The van der Waals surface area contributed by atoms with Crippen molar-refractivity contribution in [3.05, 3.63) is 0 Å². The molecule has 0 heterocycles. The smallest absolute Gasteiger partial charge is 0.353 e. The van der Waals surface area contributed by atoms with Crippen LogP contribution >= 0.6 is 0 Å². The lowest BCUT2D eigenvalue weighted by Gasteiger charge is -2.31. The number of nitrogens with one attached hydrogen (secondary N) is 1. The molecule has 0 spiro atoms. The van der Waals surface area contributed by atoms with Crippen molar-refractivity contribution < 1.29 is 18.0 Å². The monoisotopic (exact) mass is 278 g/mol. The molecule has 3 nitrogen and oxygen atoms in total. The summed E-state index contributed by atoms with van der Waals surface area (Å²) in [5.74, 6) is -1.49. The first-order chi connectivity index (χ1) is 8.86. The summed E-state index contributed by atoms with van der Waals surface area (Å²) in [5, 5.41) is 2.79. The molecule has 110 valence electrons. The second kappa shape index (κ2) is 5.69. The van der Waals surface area contributed by atoms with Crippen LogP contribution in [-0.2, 0) is 4.79 Å². The van der Waals surface area contributed by atoms with Crippen LogP contribution in [0.3, 0.4) is 0 Å². The number of hydrogen-bond acceptors (Lipinski definition) is 2. The largest absolute Gasteiger partial charge is 0.391 e. The molecule has 0 aromatic heterocycles. The summed E-state index contributed by atoms with van der Waals surface area (Å²) < 4.78 is 38.0. The van der Waals surface area contributed by atoms with Crippen molar-refractivity contribution in [1.29, 1.82) is 0 Å². The highest BCUT2D eigenvalue weighted by Crippen LogP contribution is 2.37. The molecule has 4 unspecified atom stereocenters. The van der Waals surface area contributed by atoms with E-state index in [0.717, 1.165) is 12.8 Å². The van der Waals surface area contributed by atoms with Gasteiger partial charge in [-0.3, -0.25) is 4.79 Å². The quantitative estimate of drug-likeness (QED) is 0.814. The Morgan fingerprint density at radius 3 is 2.42 bits per heavy atom. The lowest BCUT2D eigenvalue weighted by atomic mass is 9.85. The van der Waals surface area contributed by atoms with Gasteiger partial charge < -0.3 is 11.1 Å². The maximum Gasteiger partial charge on any atom is 0.391 e. The molecule has 3 N–H and O–H groups in total. The van der Waals surface area contributed by atoms with E-state index in [1.165, 1.54) is 0 Å². The summed E-state index contributed by atoms with van der Waals surface area (Å²) in [4.78, 5) is 12.0. The second-order valence-electron chi connectivity index (χ2n) is 5.88.